The lowest BCUT2D eigenvalue weighted by atomic mass is 9.84. The molecule has 2 aliphatic heterocycles. The fourth-order valence-electron chi connectivity index (χ4n) is 5.40. The van der Waals surface area contributed by atoms with E-state index in [1.165, 1.54) is 19.3 Å². The largest absolute Gasteiger partial charge is 0.354 e. The first kappa shape index (κ1) is 19.4. The van der Waals surface area contributed by atoms with Gasteiger partial charge in [0, 0.05) is 18.2 Å². The van der Waals surface area contributed by atoms with Crippen LogP contribution in [0.5, 0.6) is 0 Å². The number of hydrogen-bond acceptors (Lipinski definition) is 3. The zero-order chi connectivity index (χ0) is 19.3. The predicted octanol–water partition coefficient (Wildman–Crippen LogP) is 2.97. The van der Waals surface area contributed by atoms with Gasteiger partial charge in [-0.2, -0.15) is 0 Å². The number of benzene rings is 1. The molecule has 0 radical (unpaired) electrons. The summed E-state index contributed by atoms with van der Waals surface area (Å²) in [4.78, 5) is 28.3. The highest BCUT2D eigenvalue weighted by Gasteiger charge is 2.47. The average Bonchev–Trinajstić information content (AvgIpc) is 3.14. The highest BCUT2D eigenvalue weighted by molar-refractivity contribution is 5.98. The van der Waals surface area contributed by atoms with E-state index >= 15 is 0 Å². The van der Waals surface area contributed by atoms with Crippen molar-refractivity contribution in [1.82, 2.24) is 15.5 Å². The first-order chi connectivity index (χ1) is 13.7. The molecule has 3 aliphatic rings. The zero-order valence-corrected chi connectivity index (χ0v) is 16.7. The quantitative estimate of drug-likeness (QED) is 0.822. The Hall–Kier alpha value is -1.88. The predicted molar refractivity (Wildman–Crippen MR) is 110 cm³/mol. The van der Waals surface area contributed by atoms with E-state index in [0.717, 1.165) is 45.2 Å². The summed E-state index contributed by atoms with van der Waals surface area (Å²) >= 11 is 0. The molecule has 2 N–H and O–H groups in total. The highest BCUT2D eigenvalue weighted by Crippen LogP contribution is 2.40. The molecule has 1 aromatic rings. The van der Waals surface area contributed by atoms with Crippen LogP contribution < -0.4 is 10.6 Å². The SMILES string of the molecule is O=C(NCCC1CCCNC1)C1CC2CCCCC2N1C(=O)c1ccccc1. The highest BCUT2D eigenvalue weighted by atomic mass is 16.2. The van der Waals surface area contributed by atoms with Gasteiger partial charge in [-0.25, -0.2) is 0 Å². The van der Waals surface area contributed by atoms with E-state index in [9.17, 15) is 9.59 Å². The van der Waals surface area contributed by atoms with E-state index in [2.05, 4.69) is 10.6 Å². The van der Waals surface area contributed by atoms with Gasteiger partial charge in [0.15, 0.2) is 0 Å². The van der Waals surface area contributed by atoms with Gasteiger partial charge in [-0.15, -0.1) is 0 Å². The number of carbonyl (C=O) groups is 2. The topological polar surface area (TPSA) is 61.4 Å². The molecule has 2 heterocycles. The van der Waals surface area contributed by atoms with Crippen molar-refractivity contribution in [3.8, 4) is 0 Å². The lowest BCUT2D eigenvalue weighted by Crippen LogP contribution is -2.50. The molecule has 152 valence electrons. The van der Waals surface area contributed by atoms with Gasteiger partial charge >= 0.3 is 0 Å². The Bertz CT molecular complexity index is 672. The van der Waals surface area contributed by atoms with Crippen LogP contribution in [-0.2, 0) is 4.79 Å². The summed E-state index contributed by atoms with van der Waals surface area (Å²) in [5.74, 6) is 1.19. The maximum absolute atomic E-state index is 13.3. The number of hydrogen-bond donors (Lipinski definition) is 2. The molecular formula is C23H33N3O2. The van der Waals surface area contributed by atoms with Crippen LogP contribution >= 0.6 is 0 Å². The smallest absolute Gasteiger partial charge is 0.254 e. The Kier molecular flexibility index (Phi) is 6.30. The Morgan fingerprint density at radius 2 is 1.89 bits per heavy atom. The minimum Gasteiger partial charge on any atom is -0.354 e. The second-order valence-electron chi connectivity index (χ2n) is 8.73. The maximum atomic E-state index is 13.3. The number of piperidine rings is 1. The number of carbonyl (C=O) groups excluding carboxylic acids is 2. The number of fused-ring (bicyclic) bond motifs is 1. The van der Waals surface area contributed by atoms with E-state index in [1.54, 1.807) is 0 Å². The number of likely N-dealkylation sites (tertiary alicyclic amines) is 1. The third kappa shape index (κ3) is 4.24. The third-order valence-corrected chi connectivity index (χ3v) is 6.90. The third-order valence-electron chi connectivity index (χ3n) is 6.90. The van der Waals surface area contributed by atoms with Crippen molar-refractivity contribution in [1.29, 1.82) is 0 Å². The van der Waals surface area contributed by atoms with Crippen molar-refractivity contribution in [2.24, 2.45) is 11.8 Å². The van der Waals surface area contributed by atoms with Crippen LogP contribution in [0.15, 0.2) is 30.3 Å². The fraction of sp³-hybridized carbons (Fsp3) is 0.652. The summed E-state index contributed by atoms with van der Waals surface area (Å²) in [6.07, 6.45) is 8.85. The zero-order valence-electron chi connectivity index (χ0n) is 16.7. The van der Waals surface area contributed by atoms with Crippen molar-refractivity contribution in [3.05, 3.63) is 35.9 Å². The lowest BCUT2D eigenvalue weighted by molar-refractivity contribution is -0.125. The molecule has 2 saturated heterocycles. The molecule has 1 aliphatic carbocycles. The summed E-state index contributed by atoms with van der Waals surface area (Å²) in [5, 5.41) is 6.59. The molecule has 5 nitrogen and oxygen atoms in total. The van der Waals surface area contributed by atoms with Crippen molar-refractivity contribution < 1.29 is 9.59 Å². The standard InChI is InChI=1S/C23H33N3O2/c27-22(25-14-12-17-7-6-13-24-16-17)21-15-19-10-4-5-11-20(19)26(21)23(28)18-8-2-1-3-9-18/h1-3,8-9,17,19-21,24H,4-7,10-16H2,(H,25,27). The van der Waals surface area contributed by atoms with E-state index < -0.39 is 0 Å². The van der Waals surface area contributed by atoms with E-state index in [-0.39, 0.29) is 23.9 Å². The maximum Gasteiger partial charge on any atom is 0.254 e. The van der Waals surface area contributed by atoms with Crippen molar-refractivity contribution >= 4 is 11.8 Å². The Morgan fingerprint density at radius 3 is 2.68 bits per heavy atom. The number of nitrogens with zero attached hydrogens (tertiary/aromatic N) is 1. The Morgan fingerprint density at radius 1 is 1.07 bits per heavy atom. The van der Waals surface area contributed by atoms with Gasteiger partial charge in [0.2, 0.25) is 5.91 Å². The van der Waals surface area contributed by atoms with Gasteiger partial charge in [0.25, 0.3) is 5.91 Å². The molecule has 0 aromatic heterocycles. The van der Waals surface area contributed by atoms with Gasteiger partial charge in [-0.1, -0.05) is 31.0 Å². The number of amides is 2. The van der Waals surface area contributed by atoms with Gasteiger partial charge in [-0.3, -0.25) is 9.59 Å². The summed E-state index contributed by atoms with van der Waals surface area (Å²) in [6.45, 7) is 2.89. The average molecular weight is 384 g/mol. The molecule has 1 saturated carbocycles. The first-order valence-electron chi connectivity index (χ1n) is 11.1. The normalized spacial score (nSPS) is 29.9. The second-order valence-corrected chi connectivity index (χ2v) is 8.73. The van der Waals surface area contributed by atoms with Crippen LogP contribution in [0.25, 0.3) is 0 Å². The van der Waals surface area contributed by atoms with Gasteiger partial charge in [0.05, 0.1) is 0 Å². The minimum absolute atomic E-state index is 0.0200. The van der Waals surface area contributed by atoms with Crippen LogP contribution in [0.4, 0.5) is 0 Å². The van der Waals surface area contributed by atoms with Gasteiger partial charge in [-0.05, 0) is 75.6 Å². The molecule has 28 heavy (non-hydrogen) atoms. The number of nitrogens with one attached hydrogen (secondary N) is 2. The summed E-state index contributed by atoms with van der Waals surface area (Å²) in [6, 6.07) is 9.36. The van der Waals surface area contributed by atoms with Crippen LogP contribution in [0, 0.1) is 11.8 Å². The molecule has 2 amide bonds. The molecular weight excluding hydrogens is 350 g/mol. The fourth-order valence-corrected chi connectivity index (χ4v) is 5.40. The summed E-state index contributed by atoms with van der Waals surface area (Å²) < 4.78 is 0. The molecule has 4 atom stereocenters. The Balaban J connectivity index is 1.42. The monoisotopic (exact) mass is 383 g/mol. The van der Waals surface area contributed by atoms with Gasteiger partial charge in [0.1, 0.15) is 6.04 Å². The Labute approximate surface area is 168 Å². The van der Waals surface area contributed by atoms with Crippen molar-refractivity contribution in [2.45, 2.75) is 63.5 Å². The van der Waals surface area contributed by atoms with Crippen molar-refractivity contribution in [2.75, 3.05) is 19.6 Å². The molecule has 0 bridgehead atoms. The van der Waals surface area contributed by atoms with E-state index in [4.69, 9.17) is 0 Å². The van der Waals surface area contributed by atoms with Crippen LogP contribution in [0.2, 0.25) is 0 Å². The molecule has 1 aromatic carbocycles. The molecule has 3 fully saturated rings. The molecule has 0 spiro atoms. The van der Waals surface area contributed by atoms with Crippen molar-refractivity contribution in [3.63, 3.8) is 0 Å². The van der Waals surface area contributed by atoms with Crippen LogP contribution in [-0.4, -0.2) is 48.4 Å². The first-order valence-corrected chi connectivity index (χ1v) is 11.1. The van der Waals surface area contributed by atoms with E-state index in [0.29, 0.717) is 23.9 Å². The molecule has 4 rings (SSSR count). The lowest BCUT2D eigenvalue weighted by Gasteiger charge is -2.33. The summed E-state index contributed by atoms with van der Waals surface area (Å²) in [7, 11) is 0. The molecule has 5 heteroatoms. The second kappa shape index (κ2) is 9.08. The van der Waals surface area contributed by atoms with Crippen LogP contribution in [0.3, 0.4) is 0 Å². The molecule has 4 unspecified atom stereocenters. The number of rotatable bonds is 5. The summed E-state index contributed by atoms with van der Waals surface area (Å²) in [5.41, 5.74) is 0.694. The van der Waals surface area contributed by atoms with Gasteiger partial charge < -0.3 is 15.5 Å². The minimum atomic E-state index is -0.315. The van der Waals surface area contributed by atoms with E-state index in [1.807, 2.05) is 35.2 Å². The van der Waals surface area contributed by atoms with Crippen LogP contribution in [0.1, 0.15) is 61.7 Å².